The van der Waals surface area contributed by atoms with E-state index in [1.165, 1.54) is 0 Å². The van der Waals surface area contributed by atoms with Gasteiger partial charge in [0.05, 0.1) is 0 Å². The zero-order valence-corrected chi connectivity index (χ0v) is 11.1. The van der Waals surface area contributed by atoms with E-state index >= 15 is 0 Å². The quantitative estimate of drug-likeness (QED) is 0.686. The molecule has 0 aromatic rings. The van der Waals surface area contributed by atoms with Gasteiger partial charge in [-0.15, -0.1) is 0 Å². The molecule has 0 bridgehead atoms. The lowest BCUT2D eigenvalue weighted by Crippen LogP contribution is -2.38. The van der Waals surface area contributed by atoms with Crippen LogP contribution in [-0.4, -0.2) is 29.7 Å². The number of rotatable bonds is 4. The smallest absolute Gasteiger partial charge is 0.410 e. The van der Waals surface area contributed by atoms with Gasteiger partial charge in [0.1, 0.15) is 5.60 Å². The number of ether oxygens (including phenoxy) is 1. The highest BCUT2D eigenvalue weighted by Crippen LogP contribution is 2.11. The first-order chi connectivity index (χ1) is 7.11. The Bertz CT molecular complexity index is 271. The van der Waals surface area contributed by atoms with Crippen LogP contribution < -0.4 is 0 Å². The minimum absolute atomic E-state index is 0.321. The van der Waals surface area contributed by atoms with E-state index in [2.05, 4.69) is 13.2 Å². The van der Waals surface area contributed by atoms with Gasteiger partial charge in [-0.1, -0.05) is 24.3 Å². The van der Waals surface area contributed by atoms with Gasteiger partial charge >= 0.3 is 6.09 Å². The van der Waals surface area contributed by atoms with Crippen LogP contribution in [0, 0.1) is 0 Å². The van der Waals surface area contributed by atoms with Crippen LogP contribution in [0.4, 0.5) is 4.79 Å². The van der Waals surface area contributed by atoms with E-state index in [1.807, 2.05) is 34.6 Å². The molecule has 3 heteroatoms. The van der Waals surface area contributed by atoms with E-state index in [1.54, 1.807) is 4.90 Å². The Balaban J connectivity index is 4.56. The fraction of sp³-hybridized carbons (Fsp3) is 0.615. The van der Waals surface area contributed by atoms with Crippen molar-refractivity contribution in [3.8, 4) is 0 Å². The van der Waals surface area contributed by atoms with Crippen molar-refractivity contribution < 1.29 is 9.53 Å². The summed E-state index contributed by atoms with van der Waals surface area (Å²) in [6, 6.07) is 0. The minimum atomic E-state index is -0.473. The Hall–Kier alpha value is -1.25. The van der Waals surface area contributed by atoms with Crippen molar-refractivity contribution in [1.82, 2.24) is 4.90 Å². The highest BCUT2D eigenvalue weighted by molar-refractivity contribution is 5.68. The number of carbonyl (C=O) groups excluding carboxylic acids is 1. The Morgan fingerprint density at radius 1 is 1.12 bits per heavy atom. The first-order valence-electron chi connectivity index (χ1n) is 5.38. The molecule has 0 atom stereocenters. The third-order valence-corrected chi connectivity index (χ3v) is 1.57. The molecule has 0 aromatic heterocycles. The maximum Gasteiger partial charge on any atom is 0.410 e. The SMILES string of the molecule is C=C(C)CN(CC(=C)C)C(=O)OC(C)(C)C. The van der Waals surface area contributed by atoms with E-state index < -0.39 is 5.60 Å². The fourth-order valence-electron chi connectivity index (χ4n) is 1.16. The molecule has 0 rings (SSSR count). The van der Waals surface area contributed by atoms with Crippen molar-refractivity contribution in [2.75, 3.05) is 13.1 Å². The van der Waals surface area contributed by atoms with E-state index in [0.29, 0.717) is 13.1 Å². The summed E-state index contributed by atoms with van der Waals surface area (Å²) in [4.78, 5) is 13.5. The lowest BCUT2D eigenvalue weighted by Gasteiger charge is -2.27. The molecule has 0 N–H and O–H groups in total. The summed E-state index contributed by atoms with van der Waals surface area (Å²) in [7, 11) is 0. The lowest BCUT2D eigenvalue weighted by atomic mass is 10.2. The van der Waals surface area contributed by atoms with Gasteiger partial charge in [-0.25, -0.2) is 4.79 Å². The van der Waals surface area contributed by atoms with Crippen LogP contribution >= 0.6 is 0 Å². The predicted molar refractivity (Wildman–Crippen MR) is 67.4 cm³/mol. The Morgan fingerprint density at radius 3 is 1.75 bits per heavy atom. The molecule has 0 saturated heterocycles. The molecule has 0 spiro atoms. The van der Waals surface area contributed by atoms with Crippen LogP contribution in [0.25, 0.3) is 0 Å². The minimum Gasteiger partial charge on any atom is -0.444 e. The molecule has 92 valence electrons. The summed E-state index contributed by atoms with van der Waals surface area (Å²) in [6.07, 6.45) is -0.321. The Morgan fingerprint density at radius 2 is 1.50 bits per heavy atom. The fourth-order valence-corrected chi connectivity index (χ4v) is 1.16. The molecule has 0 aliphatic rings. The zero-order valence-electron chi connectivity index (χ0n) is 11.1. The van der Waals surface area contributed by atoms with Crippen molar-refractivity contribution in [1.29, 1.82) is 0 Å². The van der Waals surface area contributed by atoms with Crippen molar-refractivity contribution in [3.05, 3.63) is 24.3 Å². The van der Waals surface area contributed by atoms with Gasteiger partial charge in [0.2, 0.25) is 0 Å². The molecule has 16 heavy (non-hydrogen) atoms. The molecule has 0 fully saturated rings. The van der Waals surface area contributed by atoms with Gasteiger partial charge < -0.3 is 9.64 Å². The van der Waals surface area contributed by atoms with E-state index in [0.717, 1.165) is 11.1 Å². The first-order valence-corrected chi connectivity index (χ1v) is 5.38. The molecule has 0 heterocycles. The number of amides is 1. The van der Waals surface area contributed by atoms with Crippen molar-refractivity contribution >= 4 is 6.09 Å². The van der Waals surface area contributed by atoms with Gasteiger partial charge in [-0.3, -0.25) is 0 Å². The molecule has 0 radical (unpaired) electrons. The second-order valence-corrected chi connectivity index (χ2v) is 5.25. The molecule has 0 saturated carbocycles. The summed E-state index contributed by atoms with van der Waals surface area (Å²) in [5, 5.41) is 0. The zero-order chi connectivity index (χ0) is 12.9. The summed E-state index contributed by atoms with van der Waals surface area (Å²) < 4.78 is 5.31. The predicted octanol–water partition coefficient (Wildman–Crippen LogP) is 3.38. The molecular weight excluding hydrogens is 202 g/mol. The molecule has 1 amide bonds. The van der Waals surface area contributed by atoms with E-state index in [9.17, 15) is 4.79 Å². The van der Waals surface area contributed by atoms with E-state index in [-0.39, 0.29) is 6.09 Å². The maximum atomic E-state index is 11.9. The number of nitrogens with zero attached hydrogens (tertiary/aromatic N) is 1. The van der Waals surface area contributed by atoms with Crippen LogP contribution in [0.2, 0.25) is 0 Å². The van der Waals surface area contributed by atoms with Crippen molar-refractivity contribution in [3.63, 3.8) is 0 Å². The standard InChI is InChI=1S/C13H23NO2/c1-10(2)8-14(9-11(3)4)12(15)16-13(5,6)7/h1,3,8-9H2,2,4-7H3. The Kier molecular flexibility index (Phi) is 5.28. The van der Waals surface area contributed by atoms with Crippen molar-refractivity contribution in [2.45, 2.75) is 40.2 Å². The third kappa shape index (κ3) is 7.10. The summed E-state index contributed by atoms with van der Waals surface area (Å²) in [5.41, 5.74) is 1.37. The topological polar surface area (TPSA) is 29.5 Å². The Labute approximate surface area is 98.8 Å². The van der Waals surface area contributed by atoms with Gasteiger partial charge in [0.25, 0.3) is 0 Å². The van der Waals surface area contributed by atoms with Gasteiger partial charge in [-0.2, -0.15) is 0 Å². The maximum absolute atomic E-state index is 11.9. The number of hydrogen-bond acceptors (Lipinski definition) is 2. The molecule has 3 nitrogen and oxygen atoms in total. The largest absolute Gasteiger partial charge is 0.444 e. The molecule has 0 aromatic carbocycles. The van der Waals surface area contributed by atoms with Crippen LogP contribution in [0.5, 0.6) is 0 Å². The average molecular weight is 225 g/mol. The van der Waals surface area contributed by atoms with Crippen LogP contribution in [0.1, 0.15) is 34.6 Å². The molecule has 0 unspecified atom stereocenters. The van der Waals surface area contributed by atoms with Crippen LogP contribution in [0.15, 0.2) is 24.3 Å². The monoisotopic (exact) mass is 225 g/mol. The van der Waals surface area contributed by atoms with Gasteiger partial charge in [0.15, 0.2) is 0 Å². The highest BCUT2D eigenvalue weighted by atomic mass is 16.6. The van der Waals surface area contributed by atoms with E-state index in [4.69, 9.17) is 4.74 Å². The van der Waals surface area contributed by atoms with Crippen LogP contribution in [0.3, 0.4) is 0 Å². The number of carbonyl (C=O) groups is 1. The van der Waals surface area contributed by atoms with Crippen LogP contribution in [-0.2, 0) is 4.74 Å². The average Bonchev–Trinajstić information content (AvgIpc) is 1.97. The molecule has 0 aliphatic carbocycles. The summed E-state index contributed by atoms with van der Waals surface area (Å²) >= 11 is 0. The normalized spacial score (nSPS) is 10.8. The number of hydrogen-bond donors (Lipinski definition) is 0. The van der Waals surface area contributed by atoms with Gasteiger partial charge in [0, 0.05) is 13.1 Å². The highest BCUT2D eigenvalue weighted by Gasteiger charge is 2.21. The van der Waals surface area contributed by atoms with Gasteiger partial charge in [-0.05, 0) is 34.6 Å². The molecular formula is C13H23NO2. The second-order valence-electron chi connectivity index (χ2n) is 5.25. The second kappa shape index (κ2) is 5.73. The summed E-state index contributed by atoms with van der Waals surface area (Å²) in [5.74, 6) is 0. The third-order valence-electron chi connectivity index (χ3n) is 1.57. The first kappa shape index (κ1) is 14.8. The lowest BCUT2D eigenvalue weighted by molar-refractivity contribution is 0.0283. The van der Waals surface area contributed by atoms with Crippen molar-refractivity contribution in [2.24, 2.45) is 0 Å². The summed E-state index contributed by atoms with van der Waals surface area (Å²) in [6.45, 7) is 17.9. The molecule has 0 aliphatic heterocycles.